The van der Waals surface area contributed by atoms with E-state index < -0.39 is 18.0 Å². The number of carbonyl (C=O) groups excluding carboxylic acids is 1. The van der Waals surface area contributed by atoms with Crippen LogP contribution in [0.25, 0.3) is 0 Å². The summed E-state index contributed by atoms with van der Waals surface area (Å²) in [5, 5.41) is 9.00. The summed E-state index contributed by atoms with van der Waals surface area (Å²) in [6.45, 7) is 1.73. The number of carboxylic acid groups (broad SMARTS) is 1. The first-order chi connectivity index (χ1) is 7.95. The molecule has 1 amide bonds. The second-order valence-electron chi connectivity index (χ2n) is 3.36. The second kappa shape index (κ2) is 5.67. The molecule has 6 heteroatoms. The summed E-state index contributed by atoms with van der Waals surface area (Å²) in [4.78, 5) is 22.0. The number of nitrogens with two attached hydrogens (primary N) is 1. The molecule has 1 atom stereocenters. The van der Waals surface area contributed by atoms with E-state index in [1.54, 1.807) is 13.0 Å². The standard InChI is InChI=1S/C11H12BrNO4/c1-2-8(10(13)14)17-9-4-3-6(12)5-7(9)11(15)16/h3-5,8H,2H2,1H3,(H2,13,14)(H,15,16). The number of aromatic carboxylic acids is 1. The van der Waals surface area contributed by atoms with E-state index >= 15 is 0 Å². The molecular weight excluding hydrogens is 290 g/mol. The van der Waals surface area contributed by atoms with Crippen LogP contribution in [0, 0.1) is 0 Å². The average molecular weight is 302 g/mol. The summed E-state index contributed by atoms with van der Waals surface area (Å²) in [6, 6.07) is 4.53. The molecule has 0 aliphatic carbocycles. The molecule has 3 N–H and O–H groups in total. The molecule has 0 fully saturated rings. The fourth-order valence-electron chi connectivity index (χ4n) is 1.27. The highest BCUT2D eigenvalue weighted by Gasteiger charge is 2.19. The third-order valence-electron chi connectivity index (χ3n) is 2.13. The minimum Gasteiger partial charge on any atom is -0.480 e. The fourth-order valence-corrected chi connectivity index (χ4v) is 1.63. The molecule has 0 aromatic heterocycles. The van der Waals surface area contributed by atoms with Crippen LogP contribution < -0.4 is 10.5 Å². The quantitative estimate of drug-likeness (QED) is 0.867. The maximum absolute atomic E-state index is 11.0. The maximum Gasteiger partial charge on any atom is 0.339 e. The fraction of sp³-hybridized carbons (Fsp3) is 0.273. The first-order valence-electron chi connectivity index (χ1n) is 4.94. The van der Waals surface area contributed by atoms with Crippen molar-refractivity contribution < 1.29 is 19.4 Å². The molecule has 0 saturated carbocycles. The van der Waals surface area contributed by atoms with Crippen LogP contribution in [0.5, 0.6) is 5.75 Å². The molecule has 1 unspecified atom stereocenters. The van der Waals surface area contributed by atoms with E-state index in [4.69, 9.17) is 15.6 Å². The van der Waals surface area contributed by atoms with E-state index in [1.165, 1.54) is 12.1 Å². The van der Waals surface area contributed by atoms with Crippen molar-refractivity contribution in [2.24, 2.45) is 5.73 Å². The van der Waals surface area contributed by atoms with Crippen LogP contribution in [-0.2, 0) is 4.79 Å². The van der Waals surface area contributed by atoms with Crippen molar-refractivity contribution in [3.05, 3.63) is 28.2 Å². The van der Waals surface area contributed by atoms with Crippen molar-refractivity contribution in [2.45, 2.75) is 19.4 Å². The number of primary amides is 1. The topological polar surface area (TPSA) is 89.6 Å². The molecule has 1 aromatic rings. The summed E-state index contributed by atoms with van der Waals surface area (Å²) >= 11 is 3.17. The van der Waals surface area contributed by atoms with Crippen molar-refractivity contribution in [1.82, 2.24) is 0 Å². The highest BCUT2D eigenvalue weighted by Crippen LogP contribution is 2.24. The van der Waals surface area contributed by atoms with Gasteiger partial charge in [0.2, 0.25) is 0 Å². The molecule has 92 valence electrons. The molecular formula is C11H12BrNO4. The minimum atomic E-state index is -1.12. The first kappa shape index (κ1) is 13.5. The van der Waals surface area contributed by atoms with E-state index in [-0.39, 0.29) is 11.3 Å². The molecule has 0 heterocycles. The van der Waals surface area contributed by atoms with E-state index in [9.17, 15) is 9.59 Å². The Labute approximate surface area is 107 Å². The van der Waals surface area contributed by atoms with Gasteiger partial charge in [0.25, 0.3) is 5.91 Å². The Bertz CT molecular complexity index is 447. The van der Waals surface area contributed by atoms with E-state index in [0.29, 0.717) is 10.9 Å². The highest BCUT2D eigenvalue weighted by molar-refractivity contribution is 9.10. The molecule has 0 bridgehead atoms. The van der Waals surface area contributed by atoms with Crippen molar-refractivity contribution in [3.8, 4) is 5.75 Å². The lowest BCUT2D eigenvalue weighted by molar-refractivity contribution is -0.124. The van der Waals surface area contributed by atoms with Gasteiger partial charge in [0, 0.05) is 4.47 Å². The van der Waals surface area contributed by atoms with Crippen LogP contribution in [0.4, 0.5) is 0 Å². The van der Waals surface area contributed by atoms with Gasteiger partial charge in [-0.15, -0.1) is 0 Å². The molecule has 1 rings (SSSR count). The number of carbonyl (C=O) groups is 2. The van der Waals surface area contributed by atoms with Crippen LogP contribution in [0.15, 0.2) is 22.7 Å². The lowest BCUT2D eigenvalue weighted by atomic mass is 10.2. The van der Waals surface area contributed by atoms with Gasteiger partial charge in [-0.2, -0.15) is 0 Å². The smallest absolute Gasteiger partial charge is 0.339 e. The summed E-state index contributed by atoms with van der Waals surface area (Å²) in [5.41, 5.74) is 5.12. The average Bonchev–Trinajstić information content (AvgIpc) is 2.26. The third-order valence-corrected chi connectivity index (χ3v) is 2.62. The van der Waals surface area contributed by atoms with Crippen LogP contribution in [0.1, 0.15) is 23.7 Å². The zero-order valence-corrected chi connectivity index (χ0v) is 10.7. The van der Waals surface area contributed by atoms with Gasteiger partial charge in [-0.05, 0) is 24.6 Å². The van der Waals surface area contributed by atoms with Crippen LogP contribution in [0.2, 0.25) is 0 Å². The number of halogens is 1. The van der Waals surface area contributed by atoms with Gasteiger partial charge in [-0.1, -0.05) is 22.9 Å². The Hall–Kier alpha value is -1.56. The lowest BCUT2D eigenvalue weighted by Crippen LogP contribution is -2.33. The molecule has 17 heavy (non-hydrogen) atoms. The lowest BCUT2D eigenvalue weighted by Gasteiger charge is -2.15. The summed E-state index contributed by atoms with van der Waals surface area (Å²) in [6.07, 6.45) is -0.445. The molecule has 0 aliphatic heterocycles. The Kier molecular flexibility index (Phi) is 4.51. The first-order valence-corrected chi connectivity index (χ1v) is 5.73. The molecule has 0 radical (unpaired) electrons. The number of ether oxygens (including phenoxy) is 1. The van der Waals surface area contributed by atoms with E-state index in [2.05, 4.69) is 15.9 Å². The van der Waals surface area contributed by atoms with Gasteiger partial charge >= 0.3 is 5.97 Å². The highest BCUT2D eigenvalue weighted by atomic mass is 79.9. The van der Waals surface area contributed by atoms with Crippen molar-refractivity contribution in [1.29, 1.82) is 0 Å². The second-order valence-corrected chi connectivity index (χ2v) is 4.28. The Morgan fingerprint density at radius 3 is 2.65 bits per heavy atom. The van der Waals surface area contributed by atoms with Crippen molar-refractivity contribution >= 4 is 27.8 Å². The number of amides is 1. The summed E-state index contributed by atoms with van der Waals surface area (Å²) in [5.74, 6) is -1.61. The number of benzene rings is 1. The molecule has 0 spiro atoms. The van der Waals surface area contributed by atoms with Gasteiger partial charge in [0.1, 0.15) is 11.3 Å². The Morgan fingerprint density at radius 2 is 2.18 bits per heavy atom. The van der Waals surface area contributed by atoms with Gasteiger partial charge < -0.3 is 15.6 Å². The molecule has 1 aromatic carbocycles. The van der Waals surface area contributed by atoms with Gasteiger partial charge in [0.05, 0.1) is 0 Å². The Morgan fingerprint density at radius 1 is 1.53 bits per heavy atom. The van der Waals surface area contributed by atoms with Gasteiger partial charge in [0.15, 0.2) is 6.10 Å². The largest absolute Gasteiger partial charge is 0.480 e. The molecule has 0 aliphatic rings. The number of rotatable bonds is 5. The SMILES string of the molecule is CCC(Oc1ccc(Br)cc1C(=O)O)C(N)=O. The third kappa shape index (κ3) is 3.45. The van der Waals surface area contributed by atoms with Crippen molar-refractivity contribution in [3.63, 3.8) is 0 Å². The summed E-state index contributed by atoms with van der Waals surface area (Å²) < 4.78 is 5.92. The minimum absolute atomic E-state index is 0.0147. The molecule has 0 saturated heterocycles. The number of carboxylic acids is 1. The van der Waals surface area contributed by atoms with Crippen LogP contribution in [-0.4, -0.2) is 23.1 Å². The van der Waals surface area contributed by atoms with Crippen LogP contribution >= 0.6 is 15.9 Å². The predicted molar refractivity (Wildman–Crippen MR) is 65.0 cm³/mol. The van der Waals surface area contributed by atoms with Gasteiger partial charge in [-0.25, -0.2) is 4.79 Å². The van der Waals surface area contributed by atoms with Gasteiger partial charge in [-0.3, -0.25) is 4.79 Å². The predicted octanol–water partition coefficient (Wildman–Crippen LogP) is 1.79. The van der Waals surface area contributed by atoms with E-state index in [1.807, 2.05) is 0 Å². The molecule has 5 nitrogen and oxygen atoms in total. The summed E-state index contributed by atoms with van der Waals surface area (Å²) in [7, 11) is 0. The van der Waals surface area contributed by atoms with E-state index in [0.717, 1.165) is 0 Å². The zero-order chi connectivity index (χ0) is 13.0. The number of hydrogen-bond donors (Lipinski definition) is 2. The maximum atomic E-state index is 11.0. The number of hydrogen-bond acceptors (Lipinski definition) is 3. The normalized spacial score (nSPS) is 11.9. The zero-order valence-electron chi connectivity index (χ0n) is 9.14. The van der Waals surface area contributed by atoms with Crippen molar-refractivity contribution in [2.75, 3.05) is 0 Å². The Balaban J connectivity index is 3.05. The monoisotopic (exact) mass is 301 g/mol. The van der Waals surface area contributed by atoms with Crippen LogP contribution in [0.3, 0.4) is 0 Å².